The SMILES string of the molecule is CC1COC(C)(C)O1.O[C@@H]1CO[C@H]2CCSCC12. The molecule has 4 atom stereocenters. The number of ether oxygens (including phenoxy) is 3. The third-order valence-corrected chi connectivity index (χ3v) is 4.61. The van der Waals surface area contributed by atoms with Crippen LogP contribution in [0.3, 0.4) is 0 Å². The van der Waals surface area contributed by atoms with Gasteiger partial charge >= 0.3 is 0 Å². The van der Waals surface area contributed by atoms with Gasteiger partial charge in [0, 0.05) is 11.7 Å². The van der Waals surface area contributed by atoms with Crippen LogP contribution in [0.15, 0.2) is 0 Å². The number of hydrogen-bond acceptors (Lipinski definition) is 5. The lowest BCUT2D eigenvalue weighted by Gasteiger charge is -2.24. The van der Waals surface area contributed by atoms with Crippen molar-refractivity contribution in [2.24, 2.45) is 5.92 Å². The van der Waals surface area contributed by atoms with Gasteiger partial charge in [-0.25, -0.2) is 0 Å². The van der Waals surface area contributed by atoms with E-state index in [-0.39, 0.29) is 18.0 Å². The molecular weight excluding hydrogens is 252 g/mol. The van der Waals surface area contributed by atoms with Crippen LogP contribution in [0, 0.1) is 5.92 Å². The molecule has 0 amide bonds. The average molecular weight is 276 g/mol. The zero-order chi connectivity index (χ0) is 13.2. The number of hydrogen-bond donors (Lipinski definition) is 1. The van der Waals surface area contributed by atoms with Crippen LogP contribution in [-0.2, 0) is 14.2 Å². The molecule has 0 aromatic rings. The van der Waals surface area contributed by atoms with Gasteiger partial charge in [-0.3, -0.25) is 0 Å². The smallest absolute Gasteiger partial charge is 0.163 e. The Morgan fingerprint density at radius 2 is 2.06 bits per heavy atom. The Morgan fingerprint density at radius 1 is 1.28 bits per heavy atom. The number of thioether (sulfide) groups is 1. The molecule has 3 saturated heterocycles. The maximum Gasteiger partial charge on any atom is 0.163 e. The highest BCUT2D eigenvalue weighted by molar-refractivity contribution is 7.99. The largest absolute Gasteiger partial charge is 0.390 e. The maximum atomic E-state index is 9.39. The number of aliphatic hydroxyl groups excluding tert-OH is 1. The van der Waals surface area contributed by atoms with Crippen molar-refractivity contribution in [2.45, 2.75) is 51.3 Å². The van der Waals surface area contributed by atoms with Crippen LogP contribution in [0.25, 0.3) is 0 Å². The first kappa shape index (κ1) is 14.6. The van der Waals surface area contributed by atoms with Crippen LogP contribution < -0.4 is 0 Å². The van der Waals surface area contributed by atoms with E-state index in [0.29, 0.717) is 18.6 Å². The summed E-state index contributed by atoms with van der Waals surface area (Å²) in [5.41, 5.74) is 0. The summed E-state index contributed by atoms with van der Waals surface area (Å²) >= 11 is 1.94. The fraction of sp³-hybridized carbons (Fsp3) is 1.00. The van der Waals surface area contributed by atoms with E-state index in [1.54, 1.807) is 0 Å². The molecule has 0 aromatic heterocycles. The van der Waals surface area contributed by atoms with Gasteiger partial charge in [0.25, 0.3) is 0 Å². The molecule has 3 fully saturated rings. The molecule has 3 rings (SSSR count). The Kier molecular flexibility index (Phi) is 4.94. The number of fused-ring (bicyclic) bond motifs is 1. The highest BCUT2D eigenvalue weighted by Gasteiger charge is 2.37. The minimum Gasteiger partial charge on any atom is -0.390 e. The lowest BCUT2D eigenvalue weighted by atomic mass is 9.99. The van der Waals surface area contributed by atoms with E-state index in [1.807, 2.05) is 32.5 Å². The Morgan fingerprint density at radius 3 is 2.56 bits per heavy atom. The van der Waals surface area contributed by atoms with Crippen molar-refractivity contribution in [3.63, 3.8) is 0 Å². The zero-order valence-electron chi connectivity index (χ0n) is 11.4. The lowest BCUT2D eigenvalue weighted by Crippen LogP contribution is -2.30. The van der Waals surface area contributed by atoms with Gasteiger partial charge in [0.05, 0.1) is 31.5 Å². The second kappa shape index (κ2) is 6.09. The highest BCUT2D eigenvalue weighted by Crippen LogP contribution is 2.32. The third kappa shape index (κ3) is 3.84. The van der Waals surface area contributed by atoms with Gasteiger partial charge in [-0.2, -0.15) is 11.8 Å². The van der Waals surface area contributed by atoms with Gasteiger partial charge in [0.2, 0.25) is 0 Å². The van der Waals surface area contributed by atoms with E-state index in [9.17, 15) is 5.11 Å². The Balaban J connectivity index is 0.000000138. The summed E-state index contributed by atoms with van der Waals surface area (Å²) in [7, 11) is 0. The van der Waals surface area contributed by atoms with Crippen molar-refractivity contribution in [2.75, 3.05) is 24.7 Å². The summed E-state index contributed by atoms with van der Waals surface area (Å²) in [5.74, 6) is 2.39. The molecule has 3 aliphatic rings. The van der Waals surface area contributed by atoms with Crippen LogP contribution in [0.5, 0.6) is 0 Å². The molecule has 0 spiro atoms. The van der Waals surface area contributed by atoms with E-state index >= 15 is 0 Å². The van der Waals surface area contributed by atoms with Gasteiger partial charge < -0.3 is 19.3 Å². The van der Waals surface area contributed by atoms with E-state index in [0.717, 1.165) is 18.8 Å². The molecule has 0 aliphatic carbocycles. The monoisotopic (exact) mass is 276 g/mol. The van der Waals surface area contributed by atoms with Crippen molar-refractivity contribution in [1.82, 2.24) is 0 Å². The summed E-state index contributed by atoms with van der Waals surface area (Å²) in [4.78, 5) is 0. The first-order chi connectivity index (χ1) is 8.48. The minimum absolute atomic E-state index is 0.183. The van der Waals surface area contributed by atoms with E-state index in [4.69, 9.17) is 14.2 Å². The van der Waals surface area contributed by atoms with Gasteiger partial charge in [0.15, 0.2) is 5.79 Å². The molecule has 3 heterocycles. The Bertz CT molecular complexity index is 270. The zero-order valence-corrected chi connectivity index (χ0v) is 12.2. The van der Waals surface area contributed by atoms with Crippen LogP contribution in [-0.4, -0.2) is 53.9 Å². The quantitative estimate of drug-likeness (QED) is 0.729. The topological polar surface area (TPSA) is 47.9 Å². The third-order valence-electron chi connectivity index (χ3n) is 3.46. The van der Waals surface area contributed by atoms with Crippen molar-refractivity contribution >= 4 is 11.8 Å². The minimum atomic E-state index is -0.334. The average Bonchev–Trinajstić information content (AvgIpc) is 2.84. The molecule has 2 unspecified atom stereocenters. The maximum absolute atomic E-state index is 9.39. The van der Waals surface area contributed by atoms with Crippen LogP contribution in [0.2, 0.25) is 0 Å². The fourth-order valence-corrected chi connectivity index (χ4v) is 3.80. The molecule has 18 heavy (non-hydrogen) atoms. The molecule has 0 bridgehead atoms. The van der Waals surface area contributed by atoms with E-state index < -0.39 is 0 Å². The van der Waals surface area contributed by atoms with Gasteiger partial charge in [-0.1, -0.05) is 0 Å². The molecule has 0 radical (unpaired) electrons. The van der Waals surface area contributed by atoms with Gasteiger partial charge in [-0.05, 0) is 32.9 Å². The second-order valence-electron chi connectivity index (χ2n) is 5.61. The molecule has 5 heteroatoms. The first-order valence-corrected chi connectivity index (χ1v) is 7.82. The molecular formula is C13H24O4S. The Labute approximate surface area is 113 Å². The van der Waals surface area contributed by atoms with E-state index in [2.05, 4.69) is 0 Å². The molecule has 3 aliphatic heterocycles. The number of rotatable bonds is 0. The predicted molar refractivity (Wildman–Crippen MR) is 71.8 cm³/mol. The predicted octanol–water partition coefficient (Wildman–Crippen LogP) is 1.66. The summed E-state index contributed by atoms with van der Waals surface area (Å²) in [6.07, 6.45) is 1.59. The van der Waals surface area contributed by atoms with Crippen LogP contribution >= 0.6 is 11.8 Å². The molecule has 106 valence electrons. The standard InChI is InChI=1S/C7H12O2S.C6H12O2/c8-6-3-9-7-1-2-10-4-5(6)7;1-5-4-7-6(2,3)8-5/h5-8H,1-4H2;5H,4H2,1-3H3/t5?,6-,7+;/m1./s1. The van der Waals surface area contributed by atoms with Crippen molar-refractivity contribution < 1.29 is 19.3 Å². The van der Waals surface area contributed by atoms with Crippen LogP contribution in [0.4, 0.5) is 0 Å². The van der Waals surface area contributed by atoms with Crippen molar-refractivity contribution in [3.8, 4) is 0 Å². The summed E-state index contributed by atoms with van der Waals surface area (Å²) < 4.78 is 16.0. The highest BCUT2D eigenvalue weighted by atomic mass is 32.2. The van der Waals surface area contributed by atoms with E-state index in [1.165, 1.54) is 5.75 Å². The first-order valence-electron chi connectivity index (χ1n) is 6.67. The molecule has 0 saturated carbocycles. The van der Waals surface area contributed by atoms with Gasteiger partial charge in [0.1, 0.15) is 0 Å². The molecule has 0 aromatic carbocycles. The second-order valence-corrected chi connectivity index (χ2v) is 6.76. The molecule has 4 nitrogen and oxygen atoms in total. The van der Waals surface area contributed by atoms with Crippen LogP contribution in [0.1, 0.15) is 27.2 Å². The molecule has 1 N–H and O–H groups in total. The van der Waals surface area contributed by atoms with Crippen molar-refractivity contribution in [3.05, 3.63) is 0 Å². The normalized spacial score (nSPS) is 42.0. The summed E-state index contributed by atoms with van der Waals surface area (Å²) in [6, 6.07) is 0. The Hall–Kier alpha value is 0.190. The van der Waals surface area contributed by atoms with Gasteiger partial charge in [-0.15, -0.1) is 0 Å². The fourth-order valence-electron chi connectivity index (χ4n) is 2.52. The van der Waals surface area contributed by atoms with Crippen molar-refractivity contribution in [1.29, 1.82) is 0 Å². The number of aliphatic hydroxyl groups is 1. The summed E-state index contributed by atoms with van der Waals surface area (Å²) in [6.45, 7) is 7.16. The lowest BCUT2D eigenvalue weighted by molar-refractivity contribution is -0.136. The summed E-state index contributed by atoms with van der Waals surface area (Å²) in [5, 5.41) is 9.39.